The number of nitrogens with two attached hydrogens (primary N) is 1. The summed E-state index contributed by atoms with van der Waals surface area (Å²) in [5, 5.41) is 3.46. The molecule has 1 heterocycles. The molecule has 0 aliphatic carbocycles. The van der Waals surface area contributed by atoms with Crippen LogP contribution in [0.4, 0.5) is 0 Å². The Hall–Kier alpha value is -0.770. The van der Waals surface area contributed by atoms with Crippen molar-refractivity contribution in [2.45, 2.75) is 0 Å². The molecule has 6 heavy (non-hydrogen) atoms. The summed E-state index contributed by atoms with van der Waals surface area (Å²) in [6.45, 7) is 0.403. The van der Waals surface area contributed by atoms with Crippen LogP contribution in [0.2, 0.25) is 0 Å². The molecule has 4 nitrogen and oxygen atoms in total. The third-order valence-corrected chi connectivity index (χ3v) is 0.474. The average Bonchev–Trinajstić information content (AvgIpc) is 1.86. The van der Waals surface area contributed by atoms with Gasteiger partial charge < -0.3 is 5.73 Å². The first kappa shape index (κ1) is 3.42. The molecular weight excluding hydrogens is 82.0 g/mol. The third-order valence-electron chi connectivity index (χ3n) is 0.474. The summed E-state index contributed by atoms with van der Waals surface area (Å²) in [7, 11) is 0. The first-order chi connectivity index (χ1) is 2.89. The molecule has 0 aromatic carbocycles. The van der Waals surface area contributed by atoms with Crippen LogP contribution in [0.15, 0.2) is 5.10 Å². The van der Waals surface area contributed by atoms with Crippen molar-refractivity contribution in [3.05, 3.63) is 0 Å². The highest BCUT2D eigenvalue weighted by atomic mass is 16.7. The van der Waals surface area contributed by atoms with Crippen LogP contribution in [-0.2, 0) is 4.84 Å². The Morgan fingerprint density at radius 2 is 2.83 bits per heavy atom. The van der Waals surface area contributed by atoms with Crippen LogP contribution in [0, 0.1) is 0 Å². The second kappa shape index (κ2) is 1.14. The first-order valence-corrected chi connectivity index (χ1v) is 1.58. The van der Waals surface area contributed by atoms with Gasteiger partial charge >= 0.3 is 0 Å². The average molecular weight is 87.1 g/mol. The Labute approximate surface area is 34.9 Å². The van der Waals surface area contributed by atoms with E-state index in [-0.39, 0.29) is 0 Å². The quantitative estimate of drug-likeness (QED) is 0.390. The van der Waals surface area contributed by atoms with Gasteiger partial charge in [0.1, 0.15) is 6.61 Å². The van der Waals surface area contributed by atoms with Crippen molar-refractivity contribution in [3.63, 3.8) is 0 Å². The second-order valence-electron chi connectivity index (χ2n) is 0.983. The zero-order valence-corrected chi connectivity index (χ0v) is 3.14. The number of hydrazone groups is 1. The van der Waals surface area contributed by atoms with E-state index in [1.165, 1.54) is 0 Å². The van der Waals surface area contributed by atoms with Gasteiger partial charge in [-0.2, -0.15) is 5.59 Å². The molecule has 0 saturated carbocycles. The Morgan fingerprint density at radius 3 is 3.00 bits per heavy atom. The Morgan fingerprint density at radius 1 is 2.00 bits per heavy atom. The van der Waals surface area contributed by atoms with Gasteiger partial charge in [-0.1, -0.05) is 0 Å². The van der Waals surface area contributed by atoms with Crippen LogP contribution in [0.5, 0.6) is 0 Å². The Balaban J connectivity index is 2.45. The number of rotatable bonds is 0. The van der Waals surface area contributed by atoms with Gasteiger partial charge in [-0.15, -0.1) is 5.10 Å². The van der Waals surface area contributed by atoms with Gasteiger partial charge in [0.15, 0.2) is 5.84 Å². The van der Waals surface area contributed by atoms with Gasteiger partial charge in [-0.3, -0.25) is 4.84 Å². The van der Waals surface area contributed by atoms with Crippen LogP contribution in [0.3, 0.4) is 0 Å². The molecule has 3 N–H and O–H groups in total. The summed E-state index contributed by atoms with van der Waals surface area (Å²) in [5.74, 6) is 0.495. The van der Waals surface area contributed by atoms with Crippen molar-refractivity contribution >= 4 is 5.84 Å². The molecule has 0 saturated heterocycles. The number of nitrogens with zero attached hydrogens (tertiary/aromatic N) is 1. The first-order valence-electron chi connectivity index (χ1n) is 1.58. The molecule has 1 aliphatic heterocycles. The molecule has 34 valence electrons. The van der Waals surface area contributed by atoms with E-state index >= 15 is 0 Å². The number of amidine groups is 1. The van der Waals surface area contributed by atoms with E-state index in [0.717, 1.165) is 0 Å². The van der Waals surface area contributed by atoms with Crippen molar-refractivity contribution in [1.82, 2.24) is 5.59 Å². The SMILES string of the molecule is NC1=NNOC1. The zero-order chi connectivity index (χ0) is 4.41. The summed E-state index contributed by atoms with van der Waals surface area (Å²) in [4.78, 5) is 4.48. The van der Waals surface area contributed by atoms with Crippen molar-refractivity contribution in [2.24, 2.45) is 10.8 Å². The molecule has 0 aromatic rings. The van der Waals surface area contributed by atoms with Gasteiger partial charge in [-0.05, 0) is 0 Å². The maximum atomic E-state index is 5.10. The molecule has 1 rings (SSSR count). The molecule has 0 radical (unpaired) electrons. The molecule has 4 heteroatoms. The lowest BCUT2D eigenvalue weighted by Gasteiger charge is -1.80. The largest absolute Gasteiger partial charge is 0.384 e. The molecule has 0 unspecified atom stereocenters. The predicted octanol–water partition coefficient (Wildman–Crippen LogP) is -1.21. The van der Waals surface area contributed by atoms with Crippen LogP contribution < -0.4 is 11.3 Å². The summed E-state index contributed by atoms with van der Waals surface area (Å²) in [6.07, 6.45) is 0. The fourth-order valence-electron chi connectivity index (χ4n) is 0.229. The summed E-state index contributed by atoms with van der Waals surface area (Å²) in [6, 6.07) is 0. The maximum absolute atomic E-state index is 5.10. The fraction of sp³-hybridized carbons (Fsp3) is 0.500. The molecule has 0 bridgehead atoms. The third kappa shape index (κ3) is 0.414. The Kier molecular flexibility index (Phi) is 0.648. The minimum absolute atomic E-state index is 0.403. The normalized spacial score (nSPS) is 19.7. The lowest BCUT2D eigenvalue weighted by atomic mass is 10.7. The Bertz CT molecular complexity index is 78.9. The topological polar surface area (TPSA) is 59.6 Å². The smallest absolute Gasteiger partial charge is 0.151 e. The van der Waals surface area contributed by atoms with Crippen molar-refractivity contribution in [1.29, 1.82) is 0 Å². The van der Waals surface area contributed by atoms with E-state index in [1.807, 2.05) is 0 Å². The second-order valence-corrected chi connectivity index (χ2v) is 0.983. The molecular formula is C2H5N3O. The molecule has 0 fully saturated rings. The number of nitrogens with one attached hydrogen (secondary N) is 1. The van der Waals surface area contributed by atoms with E-state index in [2.05, 4.69) is 15.5 Å². The van der Waals surface area contributed by atoms with Crippen LogP contribution in [0.1, 0.15) is 0 Å². The number of hydrogen-bond donors (Lipinski definition) is 2. The molecule has 0 aromatic heterocycles. The van der Waals surface area contributed by atoms with Crippen molar-refractivity contribution in [3.8, 4) is 0 Å². The van der Waals surface area contributed by atoms with Gasteiger partial charge in [-0.25, -0.2) is 0 Å². The molecule has 1 aliphatic rings. The van der Waals surface area contributed by atoms with Crippen molar-refractivity contribution < 1.29 is 4.84 Å². The predicted molar refractivity (Wildman–Crippen MR) is 20.7 cm³/mol. The van der Waals surface area contributed by atoms with Crippen LogP contribution in [0.25, 0.3) is 0 Å². The van der Waals surface area contributed by atoms with E-state index in [9.17, 15) is 0 Å². The summed E-state index contributed by atoms with van der Waals surface area (Å²) in [5.41, 5.74) is 7.33. The lowest BCUT2D eigenvalue weighted by molar-refractivity contribution is 0.0941. The van der Waals surface area contributed by atoms with E-state index in [1.54, 1.807) is 0 Å². The van der Waals surface area contributed by atoms with E-state index < -0.39 is 0 Å². The van der Waals surface area contributed by atoms with Crippen LogP contribution >= 0.6 is 0 Å². The maximum Gasteiger partial charge on any atom is 0.151 e. The summed E-state index contributed by atoms with van der Waals surface area (Å²) < 4.78 is 0. The summed E-state index contributed by atoms with van der Waals surface area (Å²) >= 11 is 0. The minimum Gasteiger partial charge on any atom is -0.384 e. The molecule has 0 atom stereocenters. The minimum atomic E-state index is 0.403. The van der Waals surface area contributed by atoms with E-state index in [4.69, 9.17) is 5.73 Å². The standard InChI is InChI=1S/C2H5N3O/c3-2-1-6-5-4-2/h5H,1H2,(H2,3,4). The molecule has 0 spiro atoms. The van der Waals surface area contributed by atoms with Gasteiger partial charge in [0, 0.05) is 0 Å². The van der Waals surface area contributed by atoms with Crippen molar-refractivity contribution in [2.75, 3.05) is 6.61 Å². The highest BCUT2D eigenvalue weighted by Gasteiger charge is 1.96. The molecule has 0 amide bonds. The van der Waals surface area contributed by atoms with Gasteiger partial charge in [0.05, 0.1) is 0 Å². The monoisotopic (exact) mass is 87.0 g/mol. The highest BCUT2D eigenvalue weighted by Crippen LogP contribution is 1.76. The van der Waals surface area contributed by atoms with Gasteiger partial charge in [0.25, 0.3) is 0 Å². The fourth-order valence-corrected chi connectivity index (χ4v) is 0.229. The van der Waals surface area contributed by atoms with Gasteiger partial charge in [0.2, 0.25) is 0 Å². The van der Waals surface area contributed by atoms with E-state index in [0.29, 0.717) is 12.4 Å². The highest BCUT2D eigenvalue weighted by molar-refractivity contribution is 5.81. The van der Waals surface area contributed by atoms with Crippen LogP contribution in [-0.4, -0.2) is 12.4 Å². The lowest BCUT2D eigenvalue weighted by Crippen LogP contribution is -2.11. The number of hydrogen-bond acceptors (Lipinski definition) is 4. The zero-order valence-electron chi connectivity index (χ0n) is 3.14.